The minimum absolute atomic E-state index is 0.153. The van der Waals surface area contributed by atoms with E-state index in [9.17, 15) is 9.59 Å². The molecule has 3 aliphatic rings. The Morgan fingerprint density at radius 1 is 1.16 bits per heavy atom. The molecule has 2 aromatic heterocycles. The van der Waals surface area contributed by atoms with Gasteiger partial charge in [0.05, 0.1) is 39.2 Å². The number of benzene rings is 1. The van der Waals surface area contributed by atoms with E-state index in [0.29, 0.717) is 24.1 Å². The molecule has 10 heteroatoms. The maximum absolute atomic E-state index is 13.5. The van der Waals surface area contributed by atoms with E-state index < -0.39 is 11.8 Å². The SMILES string of the molecule is C[C@H]1CC[C@H](c2ccc3sc([C@@H]4CCCN(C)C4)nc3c2)N(C(=O)C(=O)Nc2cncc3c2[NH2+]N=C3)C1. The molecule has 0 spiro atoms. The molecule has 5 heterocycles. The summed E-state index contributed by atoms with van der Waals surface area (Å²) in [5.74, 6) is -0.353. The number of carbonyl (C=O) groups excluding carboxylic acids is 2. The number of quaternary nitrogens is 1. The number of nitrogens with two attached hydrogens (primary N) is 1. The number of rotatable bonds is 3. The van der Waals surface area contributed by atoms with Crippen molar-refractivity contribution >= 4 is 51.0 Å². The second kappa shape index (κ2) is 9.92. The van der Waals surface area contributed by atoms with Crippen LogP contribution in [0.15, 0.2) is 35.7 Å². The van der Waals surface area contributed by atoms with Gasteiger partial charge in [-0.15, -0.1) is 11.3 Å². The van der Waals surface area contributed by atoms with Crippen molar-refractivity contribution in [2.45, 2.75) is 44.6 Å². The van der Waals surface area contributed by atoms with Crippen LogP contribution in [-0.2, 0) is 9.59 Å². The van der Waals surface area contributed by atoms with Crippen molar-refractivity contribution in [3.63, 3.8) is 0 Å². The number of hydrogen-bond acceptors (Lipinski definition) is 7. The van der Waals surface area contributed by atoms with Gasteiger partial charge in [-0.25, -0.2) is 4.98 Å². The number of likely N-dealkylation sites (tertiary alicyclic amines) is 2. The molecule has 2 fully saturated rings. The van der Waals surface area contributed by atoms with E-state index >= 15 is 0 Å². The number of pyridine rings is 1. The molecule has 0 unspecified atom stereocenters. The van der Waals surface area contributed by atoms with Crippen LogP contribution < -0.4 is 10.7 Å². The number of hydrogen-bond donors (Lipinski definition) is 2. The summed E-state index contributed by atoms with van der Waals surface area (Å²) in [6.45, 7) is 4.88. The molecule has 3 aromatic rings. The number of nitrogens with one attached hydrogen (secondary N) is 1. The van der Waals surface area contributed by atoms with Crippen molar-refractivity contribution in [2.75, 3.05) is 32.0 Å². The number of anilines is 1. The summed E-state index contributed by atoms with van der Waals surface area (Å²) in [6.07, 6.45) is 9.15. The topological polar surface area (TPSA) is 107 Å². The molecule has 0 radical (unpaired) electrons. The standard InChI is InChI=1S/C27H31N7O2S/c1-16-5-7-22(17-6-8-23-20(10-17)31-26(37-23)18-4-3-9-33(2)15-18)34(14-16)27(36)25(35)30-21-13-28-11-19-12-29-32-24(19)21/h6,8,10-13,16,18,22H,3-5,7,9,14-15H2,1-2H3,(H,29,32)(H,30,35)/p+1/t16-,18+,22+/m0/s1. The van der Waals surface area contributed by atoms with Crippen LogP contribution in [0.3, 0.4) is 0 Å². The van der Waals surface area contributed by atoms with Gasteiger partial charge in [0.25, 0.3) is 0 Å². The molecule has 0 saturated carbocycles. The first-order valence-electron chi connectivity index (χ1n) is 13.0. The van der Waals surface area contributed by atoms with Gasteiger partial charge in [0.2, 0.25) is 0 Å². The molecule has 9 nitrogen and oxygen atoms in total. The summed E-state index contributed by atoms with van der Waals surface area (Å²) in [4.78, 5) is 39.9. The van der Waals surface area contributed by atoms with Gasteiger partial charge in [-0.3, -0.25) is 14.6 Å². The third-order valence-corrected chi connectivity index (χ3v) is 8.94. The molecule has 192 valence electrons. The summed E-state index contributed by atoms with van der Waals surface area (Å²) >= 11 is 1.78. The highest BCUT2D eigenvalue weighted by Gasteiger charge is 2.35. The fourth-order valence-electron chi connectivity index (χ4n) is 5.77. The molecule has 2 amide bonds. The van der Waals surface area contributed by atoms with Crippen LogP contribution in [-0.4, -0.2) is 64.5 Å². The minimum atomic E-state index is -0.645. The zero-order chi connectivity index (χ0) is 25.5. The largest absolute Gasteiger partial charge is 0.327 e. The molecule has 0 bridgehead atoms. The van der Waals surface area contributed by atoms with Crippen molar-refractivity contribution in [3.05, 3.63) is 46.7 Å². The quantitative estimate of drug-likeness (QED) is 0.410. The zero-order valence-electron chi connectivity index (χ0n) is 21.2. The smallest absolute Gasteiger partial charge is 0.314 e. The number of amides is 2. The third-order valence-electron chi connectivity index (χ3n) is 7.74. The lowest BCUT2D eigenvalue weighted by Crippen LogP contribution is -2.69. The molecular formula is C27H32N7O2S+. The lowest BCUT2D eigenvalue weighted by atomic mass is 9.89. The number of likely N-dealkylation sites (N-methyl/N-ethyl adjacent to an activating group) is 1. The van der Waals surface area contributed by atoms with E-state index in [-0.39, 0.29) is 6.04 Å². The molecule has 2 saturated heterocycles. The highest BCUT2D eigenvalue weighted by atomic mass is 32.1. The van der Waals surface area contributed by atoms with E-state index in [4.69, 9.17) is 4.98 Å². The maximum atomic E-state index is 13.5. The van der Waals surface area contributed by atoms with Gasteiger partial charge < -0.3 is 15.1 Å². The van der Waals surface area contributed by atoms with Crippen LogP contribution in [0, 0.1) is 5.92 Å². The molecule has 6 rings (SSSR count). The summed E-state index contributed by atoms with van der Waals surface area (Å²) < 4.78 is 1.18. The average molecular weight is 519 g/mol. The predicted molar refractivity (Wildman–Crippen MR) is 144 cm³/mol. The lowest BCUT2D eigenvalue weighted by molar-refractivity contribution is -0.572. The molecule has 3 aliphatic heterocycles. The predicted octanol–water partition coefficient (Wildman–Crippen LogP) is 2.98. The Bertz CT molecular complexity index is 1390. The van der Waals surface area contributed by atoms with Crippen molar-refractivity contribution in [2.24, 2.45) is 11.0 Å². The van der Waals surface area contributed by atoms with E-state index in [1.807, 2.05) is 0 Å². The Hall–Kier alpha value is -3.21. The van der Waals surface area contributed by atoms with Crippen LogP contribution >= 0.6 is 11.3 Å². The van der Waals surface area contributed by atoms with Gasteiger partial charge in [-0.2, -0.15) is 5.43 Å². The van der Waals surface area contributed by atoms with Gasteiger partial charge >= 0.3 is 11.8 Å². The van der Waals surface area contributed by atoms with Gasteiger partial charge in [-0.1, -0.05) is 18.1 Å². The fraction of sp³-hybridized carbons (Fsp3) is 0.444. The fourth-order valence-corrected chi connectivity index (χ4v) is 6.84. The first kappa shape index (κ1) is 24.1. The molecule has 37 heavy (non-hydrogen) atoms. The second-order valence-electron chi connectivity index (χ2n) is 10.6. The van der Waals surface area contributed by atoms with Crippen LogP contribution in [0.25, 0.3) is 10.2 Å². The Balaban J connectivity index is 1.24. The second-order valence-corrected chi connectivity index (χ2v) is 11.7. The average Bonchev–Trinajstić information content (AvgIpc) is 3.55. The van der Waals surface area contributed by atoms with Gasteiger partial charge in [0.1, 0.15) is 5.69 Å². The van der Waals surface area contributed by atoms with Gasteiger partial charge in [-0.05, 0) is 62.9 Å². The van der Waals surface area contributed by atoms with E-state index in [2.05, 4.69) is 52.5 Å². The van der Waals surface area contributed by atoms with Crippen molar-refractivity contribution in [1.29, 1.82) is 0 Å². The van der Waals surface area contributed by atoms with Gasteiger partial charge in [0, 0.05) is 25.2 Å². The monoisotopic (exact) mass is 518 g/mol. The zero-order valence-corrected chi connectivity index (χ0v) is 22.0. The van der Waals surface area contributed by atoms with Crippen LogP contribution in [0.4, 0.5) is 11.4 Å². The first-order chi connectivity index (χ1) is 18.0. The highest BCUT2D eigenvalue weighted by molar-refractivity contribution is 7.18. The number of nitrogens with zero attached hydrogens (tertiary/aromatic N) is 5. The van der Waals surface area contributed by atoms with Crippen LogP contribution in [0.2, 0.25) is 0 Å². The third kappa shape index (κ3) is 4.76. The number of fused-ring (bicyclic) bond motifs is 2. The Morgan fingerprint density at radius 3 is 2.92 bits per heavy atom. The van der Waals surface area contributed by atoms with Crippen molar-refractivity contribution in [3.8, 4) is 0 Å². The Labute approximate surface area is 220 Å². The van der Waals surface area contributed by atoms with Crippen molar-refractivity contribution in [1.82, 2.24) is 19.8 Å². The van der Waals surface area contributed by atoms with Gasteiger partial charge in [0.15, 0.2) is 5.69 Å². The number of piperidine rings is 2. The molecule has 0 aliphatic carbocycles. The summed E-state index contributed by atoms with van der Waals surface area (Å²) in [6, 6.07) is 6.21. The molecule has 3 atom stereocenters. The number of aromatic nitrogens is 2. The molecule has 1 aromatic carbocycles. The van der Waals surface area contributed by atoms with E-state index in [0.717, 1.165) is 48.3 Å². The number of thiazole rings is 1. The molecular weight excluding hydrogens is 486 g/mol. The minimum Gasteiger partial charge on any atom is -0.327 e. The van der Waals surface area contributed by atoms with Crippen LogP contribution in [0.5, 0.6) is 0 Å². The summed E-state index contributed by atoms with van der Waals surface area (Å²) in [7, 11) is 2.18. The van der Waals surface area contributed by atoms with E-state index in [1.165, 1.54) is 22.5 Å². The summed E-state index contributed by atoms with van der Waals surface area (Å²) in [5.41, 5.74) is 5.80. The normalized spacial score (nSPS) is 23.8. The van der Waals surface area contributed by atoms with Crippen LogP contribution in [0.1, 0.15) is 60.7 Å². The highest BCUT2D eigenvalue weighted by Crippen LogP contribution is 2.37. The van der Waals surface area contributed by atoms with E-state index in [1.54, 1.807) is 40.3 Å². The van der Waals surface area contributed by atoms with Crippen molar-refractivity contribution < 1.29 is 15.0 Å². The maximum Gasteiger partial charge on any atom is 0.314 e. The molecule has 3 N–H and O–H groups in total. The lowest BCUT2D eigenvalue weighted by Gasteiger charge is -2.38. The Morgan fingerprint density at radius 2 is 2.05 bits per heavy atom. The Kier molecular flexibility index (Phi) is 6.48. The first-order valence-corrected chi connectivity index (χ1v) is 13.8. The summed E-state index contributed by atoms with van der Waals surface area (Å²) in [5, 5.41) is 8.11. The number of carbonyl (C=O) groups is 2.